The Hall–Kier alpha value is -2.38. The second kappa shape index (κ2) is 7.46. The van der Waals surface area contributed by atoms with Crippen molar-refractivity contribution >= 4 is 5.91 Å². The molecule has 0 atom stereocenters. The first-order chi connectivity index (χ1) is 11.3. The average molecular weight is 341 g/mol. The van der Waals surface area contributed by atoms with Crippen LogP contribution in [0.4, 0.5) is 13.2 Å². The summed E-state index contributed by atoms with van der Waals surface area (Å²) in [5.74, 6) is -0.618. The maximum Gasteiger partial charge on any atom is 0.406 e. The minimum atomic E-state index is -4.46. The average Bonchev–Trinajstić information content (AvgIpc) is 2.99. The summed E-state index contributed by atoms with van der Waals surface area (Å²) in [6, 6.07) is 3.36. The van der Waals surface area contributed by atoms with Crippen molar-refractivity contribution in [2.24, 2.45) is 0 Å². The normalized spacial score (nSPS) is 11.5. The number of hydrogen-bond acceptors (Lipinski definition) is 4. The van der Waals surface area contributed by atoms with E-state index in [9.17, 15) is 18.0 Å². The highest BCUT2D eigenvalue weighted by Crippen LogP contribution is 2.22. The van der Waals surface area contributed by atoms with E-state index in [0.29, 0.717) is 18.4 Å². The Bertz CT molecular complexity index is 698. The maximum absolute atomic E-state index is 12.7. The minimum Gasteiger partial charge on any atom is -0.444 e. The van der Waals surface area contributed by atoms with Gasteiger partial charge in [0.15, 0.2) is 5.69 Å². The molecule has 24 heavy (non-hydrogen) atoms. The lowest BCUT2D eigenvalue weighted by Gasteiger charge is -2.22. The van der Waals surface area contributed by atoms with Gasteiger partial charge in [-0.3, -0.25) is 9.78 Å². The van der Waals surface area contributed by atoms with E-state index in [1.807, 2.05) is 6.92 Å². The fourth-order valence-corrected chi connectivity index (χ4v) is 2.16. The number of hydrogen-bond donors (Lipinski definition) is 0. The second-order valence-corrected chi connectivity index (χ2v) is 5.42. The molecular weight excluding hydrogens is 323 g/mol. The number of unbranched alkanes of at least 4 members (excludes halogenated alkanes) is 1. The number of halogens is 3. The number of aryl methyl sites for hydroxylation is 1. The standard InChI is InChI=1S/C16H18F3N3O2/c1-3-4-7-22(10-16(17,18)19)15(23)13-9-24-14(21-13)12-5-6-20-11(2)8-12/h5-6,8-9H,3-4,7,10H2,1-2H3. The number of aromatic nitrogens is 2. The first-order valence-electron chi connectivity index (χ1n) is 7.54. The molecule has 0 radical (unpaired) electrons. The molecule has 1 amide bonds. The van der Waals surface area contributed by atoms with Crippen LogP contribution in [-0.2, 0) is 0 Å². The van der Waals surface area contributed by atoms with Gasteiger partial charge in [-0.1, -0.05) is 13.3 Å². The molecule has 2 rings (SSSR count). The summed E-state index contributed by atoms with van der Waals surface area (Å²) in [5.41, 5.74) is 1.21. The van der Waals surface area contributed by atoms with Crippen molar-refractivity contribution in [3.05, 3.63) is 36.0 Å². The van der Waals surface area contributed by atoms with E-state index in [4.69, 9.17) is 4.42 Å². The Morgan fingerprint density at radius 3 is 2.75 bits per heavy atom. The number of pyridine rings is 1. The molecule has 0 aromatic carbocycles. The largest absolute Gasteiger partial charge is 0.444 e. The van der Waals surface area contributed by atoms with Crippen molar-refractivity contribution in [3.63, 3.8) is 0 Å². The SMILES string of the molecule is CCCCN(CC(F)(F)F)C(=O)c1coc(-c2ccnc(C)c2)n1. The third kappa shape index (κ3) is 4.81. The molecule has 2 heterocycles. The highest BCUT2D eigenvalue weighted by Gasteiger charge is 2.34. The summed E-state index contributed by atoms with van der Waals surface area (Å²) in [6.45, 7) is 2.35. The lowest BCUT2D eigenvalue weighted by molar-refractivity contribution is -0.140. The van der Waals surface area contributed by atoms with E-state index in [1.54, 1.807) is 25.3 Å². The molecule has 8 heteroatoms. The summed E-state index contributed by atoms with van der Waals surface area (Å²) in [7, 11) is 0. The molecular formula is C16H18F3N3O2. The van der Waals surface area contributed by atoms with Gasteiger partial charge >= 0.3 is 6.18 Å². The van der Waals surface area contributed by atoms with E-state index in [1.165, 1.54) is 0 Å². The summed E-state index contributed by atoms with van der Waals surface area (Å²) >= 11 is 0. The van der Waals surface area contributed by atoms with Crippen molar-refractivity contribution in [3.8, 4) is 11.5 Å². The van der Waals surface area contributed by atoms with Crippen LogP contribution >= 0.6 is 0 Å². The predicted octanol–water partition coefficient (Wildman–Crippen LogP) is 3.85. The van der Waals surface area contributed by atoms with E-state index in [0.717, 1.165) is 16.9 Å². The first-order valence-corrected chi connectivity index (χ1v) is 7.54. The maximum atomic E-state index is 12.7. The molecule has 0 unspecified atom stereocenters. The van der Waals surface area contributed by atoms with Crippen LogP contribution in [-0.4, -0.2) is 40.0 Å². The van der Waals surface area contributed by atoms with Crippen molar-refractivity contribution in [2.75, 3.05) is 13.1 Å². The summed E-state index contributed by atoms with van der Waals surface area (Å²) in [4.78, 5) is 21.2. The van der Waals surface area contributed by atoms with Crippen LogP contribution < -0.4 is 0 Å². The topological polar surface area (TPSA) is 59.2 Å². The zero-order valence-electron chi connectivity index (χ0n) is 13.4. The van der Waals surface area contributed by atoms with Gasteiger partial charge in [0.2, 0.25) is 5.89 Å². The zero-order chi connectivity index (χ0) is 17.7. The number of amides is 1. The molecule has 0 aliphatic heterocycles. The Morgan fingerprint density at radius 2 is 2.12 bits per heavy atom. The highest BCUT2D eigenvalue weighted by molar-refractivity contribution is 5.92. The fraction of sp³-hybridized carbons (Fsp3) is 0.438. The zero-order valence-corrected chi connectivity index (χ0v) is 13.4. The second-order valence-electron chi connectivity index (χ2n) is 5.42. The van der Waals surface area contributed by atoms with Crippen molar-refractivity contribution in [1.29, 1.82) is 0 Å². The molecule has 0 aliphatic rings. The van der Waals surface area contributed by atoms with E-state index in [-0.39, 0.29) is 18.1 Å². The van der Waals surface area contributed by atoms with Crippen LogP contribution in [0.2, 0.25) is 0 Å². The molecule has 2 aromatic rings. The van der Waals surface area contributed by atoms with Crippen LogP contribution in [0.25, 0.3) is 11.5 Å². The van der Waals surface area contributed by atoms with Gasteiger partial charge in [-0.15, -0.1) is 0 Å². The van der Waals surface area contributed by atoms with Gasteiger partial charge in [0.1, 0.15) is 12.8 Å². The molecule has 0 bridgehead atoms. The van der Waals surface area contributed by atoms with Crippen LogP contribution in [0.5, 0.6) is 0 Å². The van der Waals surface area contributed by atoms with Gasteiger partial charge in [-0.2, -0.15) is 13.2 Å². The Labute approximate surface area is 137 Å². The van der Waals surface area contributed by atoms with Gasteiger partial charge in [-0.05, 0) is 25.5 Å². The van der Waals surface area contributed by atoms with E-state index >= 15 is 0 Å². The lowest BCUT2D eigenvalue weighted by Crippen LogP contribution is -2.39. The molecule has 5 nitrogen and oxygen atoms in total. The van der Waals surface area contributed by atoms with Crippen LogP contribution in [0.1, 0.15) is 35.9 Å². The number of carbonyl (C=O) groups is 1. The predicted molar refractivity (Wildman–Crippen MR) is 81.3 cm³/mol. The van der Waals surface area contributed by atoms with E-state index in [2.05, 4.69) is 9.97 Å². The first kappa shape index (κ1) is 18.0. The molecule has 0 N–H and O–H groups in total. The van der Waals surface area contributed by atoms with Gasteiger partial charge < -0.3 is 9.32 Å². The molecule has 2 aromatic heterocycles. The summed E-state index contributed by atoms with van der Waals surface area (Å²) in [6.07, 6.45) is -0.646. The Kier molecular flexibility index (Phi) is 5.58. The number of nitrogens with zero attached hydrogens (tertiary/aromatic N) is 3. The monoisotopic (exact) mass is 341 g/mol. The van der Waals surface area contributed by atoms with Crippen molar-refractivity contribution in [1.82, 2.24) is 14.9 Å². The third-order valence-corrected chi connectivity index (χ3v) is 3.31. The fourth-order valence-electron chi connectivity index (χ4n) is 2.16. The van der Waals surface area contributed by atoms with Crippen molar-refractivity contribution < 1.29 is 22.4 Å². The van der Waals surface area contributed by atoms with Crippen molar-refractivity contribution in [2.45, 2.75) is 32.9 Å². The van der Waals surface area contributed by atoms with Gasteiger partial charge in [0.25, 0.3) is 5.91 Å². The van der Waals surface area contributed by atoms with Crippen LogP contribution in [0.15, 0.2) is 29.0 Å². The molecule has 0 spiro atoms. The lowest BCUT2D eigenvalue weighted by atomic mass is 10.2. The Balaban J connectivity index is 2.20. The summed E-state index contributed by atoms with van der Waals surface area (Å²) < 4.78 is 43.3. The smallest absolute Gasteiger partial charge is 0.406 e. The molecule has 130 valence electrons. The summed E-state index contributed by atoms with van der Waals surface area (Å²) in [5, 5.41) is 0. The van der Waals surface area contributed by atoms with Crippen LogP contribution in [0.3, 0.4) is 0 Å². The molecule has 0 saturated heterocycles. The van der Waals surface area contributed by atoms with Gasteiger partial charge in [0, 0.05) is 24.0 Å². The molecule has 0 fully saturated rings. The Morgan fingerprint density at radius 1 is 1.38 bits per heavy atom. The number of rotatable bonds is 6. The van der Waals surface area contributed by atoms with Crippen LogP contribution in [0, 0.1) is 6.92 Å². The van der Waals surface area contributed by atoms with Gasteiger partial charge in [0.05, 0.1) is 0 Å². The minimum absolute atomic E-state index is 0.0192. The number of oxazole rings is 1. The highest BCUT2D eigenvalue weighted by atomic mass is 19.4. The van der Waals surface area contributed by atoms with E-state index < -0.39 is 18.6 Å². The quantitative estimate of drug-likeness (QED) is 0.801. The number of carbonyl (C=O) groups excluding carboxylic acids is 1. The van der Waals surface area contributed by atoms with Gasteiger partial charge in [-0.25, -0.2) is 4.98 Å². The molecule has 0 aliphatic carbocycles. The third-order valence-electron chi connectivity index (χ3n) is 3.31. The molecule has 0 saturated carbocycles. The number of alkyl halides is 3.